The number of likely N-dealkylation sites (N-methyl/N-ethyl adjacent to an activating group) is 1. The summed E-state index contributed by atoms with van der Waals surface area (Å²) in [4.78, 5) is 2.10. The number of hydrogen-bond acceptors (Lipinski definition) is 2. The first-order chi connectivity index (χ1) is 5.02. The number of allylic oxidation sites excluding steroid dienone is 1. The van der Waals surface area contributed by atoms with Gasteiger partial charge in [0.25, 0.3) is 0 Å². The van der Waals surface area contributed by atoms with Crippen LogP contribution in [0.25, 0.3) is 0 Å². The van der Waals surface area contributed by atoms with Gasteiger partial charge >= 0.3 is 0 Å². The lowest BCUT2D eigenvalue weighted by Gasteiger charge is -2.11. The van der Waals surface area contributed by atoms with E-state index >= 15 is 0 Å². The molecule has 0 atom stereocenters. The number of nitrogens with zero attached hydrogens (tertiary/aromatic N) is 1. The van der Waals surface area contributed by atoms with Crippen molar-refractivity contribution in [1.82, 2.24) is 4.90 Å². The predicted molar refractivity (Wildman–Crippen MR) is 48.5 cm³/mol. The van der Waals surface area contributed by atoms with Gasteiger partial charge < -0.3 is 9.64 Å². The molecule has 2 nitrogen and oxygen atoms in total. The smallest absolute Gasteiger partial charge is 0.0926 e. The van der Waals surface area contributed by atoms with E-state index in [1.54, 1.807) is 0 Å². The summed E-state index contributed by atoms with van der Waals surface area (Å²) in [5.74, 6) is 1.01. The van der Waals surface area contributed by atoms with Crippen LogP contribution in [-0.4, -0.2) is 31.6 Å². The Morgan fingerprint density at radius 2 is 2.00 bits per heavy atom. The lowest BCUT2D eigenvalue weighted by atomic mass is 10.4. The number of ether oxygens (including phenoxy) is 1. The maximum Gasteiger partial charge on any atom is 0.0926 e. The zero-order valence-electron chi connectivity index (χ0n) is 8.22. The Kier molecular flexibility index (Phi) is 4.95. The second kappa shape index (κ2) is 5.19. The van der Waals surface area contributed by atoms with Crippen LogP contribution in [0.3, 0.4) is 0 Å². The number of hydrogen-bond donors (Lipinski definition) is 0. The molecule has 0 rings (SSSR count). The monoisotopic (exact) mass is 157 g/mol. The van der Waals surface area contributed by atoms with Crippen molar-refractivity contribution < 1.29 is 4.74 Å². The molecule has 0 unspecified atom stereocenters. The van der Waals surface area contributed by atoms with Crippen LogP contribution in [0.15, 0.2) is 11.8 Å². The third-order valence-corrected chi connectivity index (χ3v) is 1.17. The summed E-state index contributed by atoms with van der Waals surface area (Å²) >= 11 is 0. The fraction of sp³-hybridized carbons (Fsp3) is 0.778. The van der Waals surface area contributed by atoms with Crippen molar-refractivity contribution in [2.45, 2.75) is 26.9 Å². The third-order valence-electron chi connectivity index (χ3n) is 1.17. The minimum absolute atomic E-state index is 0.286. The van der Waals surface area contributed by atoms with Crippen molar-refractivity contribution in [1.29, 1.82) is 0 Å². The lowest BCUT2D eigenvalue weighted by molar-refractivity contribution is 0.147. The third kappa shape index (κ3) is 7.40. The average molecular weight is 157 g/mol. The van der Waals surface area contributed by atoms with Crippen molar-refractivity contribution in [3.63, 3.8) is 0 Å². The Hall–Kier alpha value is -0.500. The van der Waals surface area contributed by atoms with Gasteiger partial charge in [0.2, 0.25) is 0 Å². The van der Waals surface area contributed by atoms with E-state index in [-0.39, 0.29) is 6.10 Å². The van der Waals surface area contributed by atoms with Gasteiger partial charge in [0.05, 0.1) is 11.9 Å². The highest BCUT2D eigenvalue weighted by atomic mass is 16.5. The molecule has 0 amide bonds. The molecule has 0 saturated heterocycles. The normalized spacial score (nSPS) is 12.8. The molecule has 66 valence electrons. The minimum atomic E-state index is 0.286. The summed E-state index contributed by atoms with van der Waals surface area (Å²) in [5, 5.41) is 0. The van der Waals surface area contributed by atoms with Crippen molar-refractivity contribution in [2.24, 2.45) is 0 Å². The molecule has 0 heterocycles. The topological polar surface area (TPSA) is 12.5 Å². The van der Waals surface area contributed by atoms with Crippen LogP contribution in [0.1, 0.15) is 20.8 Å². The Morgan fingerprint density at radius 1 is 1.45 bits per heavy atom. The summed E-state index contributed by atoms with van der Waals surface area (Å²) < 4.78 is 5.44. The maximum absolute atomic E-state index is 5.44. The van der Waals surface area contributed by atoms with Gasteiger partial charge in [0.15, 0.2) is 0 Å². The molecule has 0 bridgehead atoms. The van der Waals surface area contributed by atoms with E-state index in [1.165, 1.54) is 0 Å². The highest BCUT2D eigenvalue weighted by Gasteiger charge is 1.93. The van der Waals surface area contributed by atoms with E-state index in [1.807, 2.05) is 34.9 Å². The lowest BCUT2D eigenvalue weighted by Crippen LogP contribution is -2.12. The summed E-state index contributed by atoms with van der Waals surface area (Å²) in [6.45, 7) is 7.00. The van der Waals surface area contributed by atoms with Gasteiger partial charge in [0, 0.05) is 6.54 Å². The number of rotatable bonds is 4. The fourth-order valence-electron chi connectivity index (χ4n) is 0.731. The van der Waals surface area contributed by atoms with E-state index in [4.69, 9.17) is 4.74 Å². The average Bonchev–Trinajstić information content (AvgIpc) is 1.82. The van der Waals surface area contributed by atoms with Crippen molar-refractivity contribution in [3.05, 3.63) is 11.8 Å². The van der Waals surface area contributed by atoms with Gasteiger partial charge in [-0.1, -0.05) is 0 Å². The first kappa shape index (κ1) is 10.5. The van der Waals surface area contributed by atoms with Crippen molar-refractivity contribution in [3.8, 4) is 0 Å². The minimum Gasteiger partial charge on any atom is -0.496 e. The molecule has 0 aliphatic rings. The molecule has 0 spiro atoms. The standard InChI is InChI=1S/C9H19NO/c1-8(2)11-9(3)6-7-10(4)5/h6,8H,7H2,1-5H3/b9-6-. The Morgan fingerprint density at radius 3 is 2.36 bits per heavy atom. The largest absolute Gasteiger partial charge is 0.496 e. The van der Waals surface area contributed by atoms with Gasteiger partial charge in [-0.15, -0.1) is 0 Å². The molecule has 0 aromatic carbocycles. The molecule has 11 heavy (non-hydrogen) atoms. The first-order valence-corrected chi connectivity index (χ1v) is 4.00. The van der Waals surface area contributed by atoms with Crippen LogP contribution in [0.2, 0.25) is 0 Å². The summed E-state index contributed by atoms with van der Waals surface area (Å²) in [6.07, 6.45) is 2.37. The van der Waals surface area contributed by atoms with Gasteiger partial charge in [-0.3, -0.25) is 0 Å². The quantitative estimate of drug-likeness (QED) is 0.578. The van der Waals surface area contributed by atoms with Gasteiger partial charge in [-0.25, -0.2) is 0 Å². The molecule has 0 aromatic heterocycles. The second-order valence-electron chi connectivity index (χ2n) is 3.24. The zero-order chi connectivity index (χ0) is 8.85. The maximum atomic E-state index is 5.44. The molecule has 0 aliphatic carbocycles. The summed E-state index contributed by atoms with van der Waals surface area (Å²) in [7, 11) is 4.08. The van der Waals surface area contributed by atoms with Crippen LogP contribution < -0.4 is 0 Å². The van der Waals surface area contributed by atoms with Gasteiger partial charge in [0.1, 0.15) is 0 Å². The second-order valence-corrected chi connectivity index (χ2v) is 3.24. The first-order valence-electron chi connectivity index (χ1n) is 4.00. The zero-order valence-corrected chi connectivity index (χ0v) is 8.22. The molecule has 2 heteroatoms. The van der Waals surface area contributed by atoms with E-state index in [2.05, 4.69) is 11.0 Å². The molecule has 0 fully saturated rings. The van der Waals surface area contributed by atoms with Crippen molar-refractivity contribution in [2.75, 3.05) is 20.6 Å². The molecular weight excluding hydrogens is 138 g/mol. The molecule has 0 N–H and O–H groups in total. The van der Waals surface area contributed by atoms with Crippen LogP contribution >= 0.6 is 0 Å². The van der Waals surface area contributed by atoms with E-state index < -0.39 is 0 Å². The van der Waals surface area contributed by atoms with Crippen LogP contribution in [0, 0.1) is 0 Å². The molecule has 0 saturated carbocycles. The van der Waals surface area contributed by atoms with Crippen LogP contribution in [0.4, 0.5) is 0 Å². The Labute approximate surface area is 69.8 Å². The van der Waals surface area contributed by atoms with E-state index in [0.717, 1.165) is 12.3 Å². The highest BCUT2D eigenvalue weighted by Crippen LogP contribution is 2.00. The van der Waals surface area contributed by atoms with E-state index in [0.29, 0.717) is 0 Å². The Bertz CT molecular complexity index is 128. The summed E-state index contributed by atoms with van der Waals surface area (Å²) in [5.41, 5.74) is 0. The fourth-order valence-corrected chi connectivity index (χ4v) is 0.731. The SMILES string of the molecule is C/C(=C/CN(C)C)OC(C)C. The molecule has 0 radical (unpaired) electrons. The van der Waals surface area contributed by atoms with Crippen molar-refractivity contribution >= 4 is 0 Å². The van der Waals surface area contributed by atoms with E-state index in [9.17, 15) is 0 Å². The van der Waals surface area contributed by atoms with Gasteiger partial charge in [-0.05, 0) is 40.9 Å². The van der Waals surface area contributed by atoms with Crippen LogP contribution in [0.5, 0.6) is 0 Å². The molecule has 0 aliphatic heterocycles. The molecular formula is C9H19NO. The van der Waals surface area contributed by atoms with Crippen LogP contribution in [-0.2, 0) is 4.74 Å². The Balaban J connectivity index is 3.63. The van der Waals surface area contributed by atoms with Gasteiger partial charge in [-0.2, -0.15) is 0 Å². The predicted octanol–water partition coefficient (Wildman–Crippen LogP) is 1.88. The highest BCUT2D eigenvalue weighted by molar-refractivity contribution is 4.90. The molecule has 0 aromatic rings. The summed E-state index contributed by atoms with van der Waals surface area (Å²) in [6, 6.07) is 0.